The Morgan fingerprint density at radius 1 is 0.857 bits per heavy atom. The lowest BCUT2D eigenvalue weighted by Crippen LogP contribution is -2.71. The van der Waals surface area contributed by atoms with Crippen molar-refractivity contribution in [2.45, 2.75) is 90.6 Å². The quantitative estimate of drug-likeness (QED) is 0.0782. The fourth-order valence-electron chi connectivity index (χ4n) is 10.3. The van der Waals surface area contributed by atoms with E-state index in [1.807, 2.05) is 32.0 Å². The summed E-state index contributed by atoms with van der Waals surface area (Å²) in [5.41, 5.74) is 7.03. The predicted molar refractivity (Wildman–Crippen MR) is 244 cm³/mol. The zero-order valence-corrected chi connectivity index (χ0v) is 37.3. The first-order chi connectivity index (χ1) is 30.5. The number of rotatable bonds is 17. The third-order valence-corrected chi connectivity index (χ3v) is 14.1. The fourth-order valence-corrected chi connectivity index (χ4v) is 10.5. The van der Waals surface area contributed by atoms with E-state index in [1.54, 1.807) is 18.2 Å². The van der Waals surface area contributed by atoms with Crippen molar-refractivity contribution < 1.29 is 23.6 Å². The van der Waals surface area contributed by atoms with Crippen LogP contribution < -0.4 is 25.8 Å². The van der Waals surface area contributed by atoms with Gasteiger partial charge in [0.25, 0.3) is 11.8 Å². The smallest absolute Gasteiger partial charge is 0.264 e. The van der Waals surface area contributed by atoms with E-state index in [9.17, 15) is 23.6 Å². The molecule has 9 rings (SSSR count). The van der Waals surface area contributed by atoms with Crippen molar-refractivity contribution in [2.24, 2.45) is 5.41 Å². The second-order valence-corrected chi connectivity index (χ2v) is 19.0. The molecule has 0 bridgehead atoms. The second-order valence-electron chi connectivity index (χ2n) is 18.6. The molecule has 1 unspecified atom stereocenters. The minimum absolute atomic E-state index is 0.0968. The number of unbranched alkanes of at least 4 members (excludes halogenated alkanes) is 7. The molecule has 3 N–H and O–H groups in total. The Kier molecular flexibility index (Phi) is 12.5. The van der Waals surface area contributed by atoms with E-state index >= 15 is 0 Å². The number of carbonyl (C=O) groups excluding carboxylic acids is 4. The summed E-state index contributed by atoms with van der Waals surface area (Å²) >= 11 is 6.87. The van der Waals surface area contributed by atoms with Gasteiger partial charge in [0.1, 0.15) is 17.4 Å². The summed E-state index contributed by atoms with van der Waals surface area (Å²) < 4.78 is 16.9. The molecule has 1 spiro atoms. The van der Waals surface area contributed by atoms with Crippen molar-refractivity contribution in [1.82, 2.24) is 30.0 Å². The molecule has 4 aromatic rings. The van der Waals surface area contributed by atoms with Crippen LogP contribution >= 0.6 is 11.6 Å². The van der Waals surface area contributed by atoms with Gasteiger partial charge >= 0.3 is 0 Å². The summed E-state index contributed by atoms with van der Waals surface area (Å²) in [5.74, 6) is -1.14. The molecule has 6 heterocycles. The number of piperazine rings is 1. The molecule has 5 aliphatic rings. The van der Waals surface area contributed by atoms with E-state index in [4.69, 9.17) is 16.6 Å². The van der Waals surface area contributed by atoms with E-state index < -0.39 is 23.8 Å². The van der Waals surface area contributed by atoms with Gasteiger partial charge in [-0.1, -0.05) is 68.3 Å². The maximum atomic E-state index is 14.6. The van der Waals surface area contributed by atoms with E-state index in [-0.39, 0.29) is 24.6 Å². The minimum atomic E-state index is -0.970. The normalized spacial score (nSPS) is 19.8. The van der Waals surface area contributed by atoms with Gasteiger partial charge in [-0.15, -0.1) is 0 Å². The molecule has 1 aromatic heterocycles. The molecule has 1 atom stereocenters. The van der Waals surface area contributed by atoms with Gasteiger partial charge in [0.2, 0.25) is 17.8 Å². The fraction of sp³-hybridized carbons (Fsp3) is 0.521. The third-order valence-electron chi connectivity index (χ3n) is 13.8. The lowest BCUT2D eigenvalue weighted by atomic mass is 9.75. The summed E-state index contributed by atoms with van der Waals surface area (Å²) in [6.07, 6.45) is 9.46. The van der Waals surface area contributed by atoms with Crippen LogP contribution in [0.1, 0.15) is 102 Å². The van der Waals surface area contributed by atoms with Crippen molar-refractivity contribution in [3.05, 3.63) is 81.1 Å². The van der Waals surface area contributed by atoms with Gasteiger partial charge in [-0.2, -0.15) is 0 Å². The van der Waals surface area contributed by atoms with Crippen LogP contribution in [0.3, 0.4) is 0 Å². The number of fused-ring (bicyclic) bond motifs is 2. The minimum Gasteiger partial charge on any atom is -0.384 e. The van der Waals surface area contributed by atoms with Gasteiger partial charge in [-0.3, -0.25) is 34.3 Å². The molecule has 334 valence electrons. The highest BCUT2D eigenvalue weighted by molar-refractivity contribution is 6.32. The van der Waals surface area contributed by atoms with E-state index in [0.29, 0.717) is 51.5 Å². The molecule has 4 amide bonds. The van der Waals surface area contributed by atoms with Crippen LogP contribution in [0, 0.1) is 25.1 Å². The van der Waals surface area contributed by atoms with Crippen LogP contribution in [0.5, 0.6) is 0 Å². The Bertz CT molecular complexity index is 2390. The zero-order chi connectivity index (χ0) is 43.8. The first-order valence-corrected chi connectivity index (χ1v) is 23.3. The average molecular weight is 881 g/mol. The Morgan fingerprint density at radius 2 is 1.56 bits per heavy atom. The van der Waals surface area contributed by atoms with Gasteiger partial charge in [-0.25, -0.2) is 9.37 Å². The molecule has 5 aliphatic heterocycles. The number of imide groups is 2. The molecular weight excluding hydrogens is 821 g/mol. The highest BCUT2D eigenvalue weighted by Gasteiger charge is 2.49. The number of hydrogen-bond donors (Lipinski definition) is 3. The van der Waals surface area contributed by atoms with Gasteiger partial charge < -0.3 is 25.0 Å². The summed E-state index contributed by atoms with van der Waals surface area (Å²) in [4.78, 5) is 64.3. The molecule has 4 fully saturated rings. The molecule has 0 radical (unpaired) electrons. The zero-order valence-electron chi connectivity index (χ0n) is 36.5. The third kappa shape index (κ3) is 8.78. The number of nitrogens with zero attached hydrogens (tertiary/aromatic N) is 6. The lowest BCUT2D eigenvalue weighted by Gasteiger charge is -2.56. The van der Waals surface area contributed by atoms with Crippen LogP contribution in [0.2, 0.25) is 5.02 Å². The van der Waals surface area contributed by atoms with E-state index in [2.05, 4.69) is 41.3 Å². The van der Waals surface area contributed by atoms with Crippen molar-refractivity contribution in [3.8, 4) is 0 Å². The molecule has 13 nitrogen and oxygen atoms in total. The van der Waals surface area contributed by atoms with Gasteiger partial charge in [-0.05, 0) is 80.6 Å². The number of amides is 4. The molecule has 3 aromatic carbocycles. The van der Waals surface area contributed by atoms with Crippen LogP contribution in [0.4, 0.5) is 21.7 Å². The van der Waals surface area contributed by atoms with E-state index in [0.717, 1.165) is 111 Å². The van der Waals surface area contributed by atoms with Gasteiger partial charge in [0.05, 0.1) is 28.9 Å². The number of imidazole rings is 1. The van der Waals surface area contributed by atoms with Crippen molar-refractivity contribution >= 4 is 63.6 Å². The Labute approximate surface area is 373 Å². The van der Waals surface area contributed by atoms with Crippen LogP contribution in [-0.4, -0.2) is 114 Å². The number of carbonyl (C=O) groups is 4. The van der Waals surface area contributed by atoms with Gasteiger partial charge in [0, 0.05) is 81.4 Å². The summed E-state index contributed by atoms with van der Waals surface area (Å²) in [7, 11) is 0. The van der Waals surface area contributed by atoms with Crippen molar-refractivity contribution in [2.75, 3.05) is 80.6 Å². The maximum absolute atomic E-state index is 14.6. The van der Waals surface area contributed by atoms with Crippen molar-refractivity contribution in [3.63, 3.8) is 0 Å². The Morgan fingerprint density at radius 3 is 2.24 bits per heavy atom. The first kappa shape index (κ1) is 43.2. The molecular formula is C48H59ClFN9O4. The van der Waals surface area contributed by atoms with Gasteiger partial charge in [0.15, 0.2) is 0 Å². The highest BCUT2D eigenvalue weighted by atomic mass is 35.5. The van der Waals surface area contributed by atoms with Crippen LogP contribution in [0.15, 0.2) is 42.5 Å². The Balaban J connectivity index is 0.702. The monoisotopic (exact) mass is 879 g/mol. The average Bonchev–Trinajstić information content (AvgIpc) is 3.70. The maximum Gasteiger partial charge on any atom is 0.264 e. The number of piperidine rings is 1. The number of anilines is 3. The molecule has 4 saturated heterocycles. The molecule has 63 heavy (non-hydrogen) atoms. The SMILES string of the molecule is Cc1cc(Cn2c(N3CC4(CNC4)C3)nc3c(N4CCN(CCCCCCCCCCNc5cccc6c5C(=O)N(C5CCC(=O)NC5=O)C6=O)CC4)cc(Cl)cc32)cc(C)c1F. The molecule has 0 aliphatic carbocycles. The molecule has 0 saturated carbocycles. The molecule has 15 heteroatoms. The predicted octanol–water partition coefficient (Wildman–Crippen LogP) is 6.66. The van der Waals surface area contributed by atoms with Crippen LogP contribution in [0.25, 0.3) is 11.0 Å². The highest BCUT2D eigenvalue weighted by Crippen LogP contribution is 2.41. The van der Waals surface area contributed by atoms with Crippen molar-refractivity contribution in [1.29, 1.82) is 0 Å². The number of aryl methyl sites for hydroxylation is 2. The first-order valence-electron chi connectivity index (χ1n) is 23.0. The van der Waals surface area contributed by atoms with Crippen LogP contribution in [-0.2, 0) is 16.1 Å². The number of aromatic nitrogens is 2. The number of benzene rings is 3. The Hall–Kier alpha value is -5.05. The largest absolute Gasteiger partial charge is 0.384 e. The topological polar surface area (TPSA) is 135 Å². The summed E-state index contributed by atoms with van der Waals surface area (Å²) in [6, 6.07) is 12.2. The van der Waals surface area contributed by atoms with E-state index in [1.165, 1.54) is 32.1 Å². The summed E-state index contributed by atoms with van der Waals surface area (Å²) in [5, 5.41) is 9.75. The number of halogens is 2. The second kappa shape index (κ2) is 18.2. The summed E-state index contributed by atoms with van der Waals surface area (Å²) in [6.45, 7) is 14.0. The number of hydrogen-bond acceptors (Lipinski definition) is 10. The number of nitrogens with one attached hydrogen (secondary N) is 3. The standard InChI is InChI=1S/C48H59ClFN9O4/c1-31-22-33(23-32(2)42(31)50)26-58-39-25-34(49)24-38(43(39)54-47(58)57-29-48(30-57)27-51-28-48)56-20-18-55(19-21-56)17-10-8-6-4-3-5-7-9-16-52-36-13-11-12-35-41(36)46(63)59(45(35)62)37-14-15-40(60)53-44(37)61/h11-13,22-25,37,51-52H,3-10,14-21,26-30H2,1-2H3,(H,53,60,61). The lowest BCUT2D eigenvalue weighted by molar-refractivity contribution is -0.136.